The lowest BCUT2D eigenvalue weighted by Gasteiger charge is -2.30. The molecule has 9 heteroatoms. The number of hydrogen-bond donors (Lipinski definition) is 3. The summed E-state index contributed by atoms with van der Waals surface area (Å²) in [6.45, 7) is 9.42. The molecule has 1 aromatic rings. The van der Waals surface area contributed by atoms with Gasteiger partial charge in [-0.1, -0.05) is 56.0 Å². The Kier molecular flexibility index (Phi) is 11.8. The molecule has 0 radical (unpaired) electrons. The molecule has 0 heterocycles. The van der Waals surface area contributed by atoms with Gasteiger partial charge in [0.05, 0.1) is 0 Å². The molecule has 0 aliphatic heterocycles. The average molecular weight is 487 g/mol. The van der Waals surface area contributed by atoms with Crippen molar-refractivity contribution in [3.8, 4) is 12.5 Å². The fraction of sp³-hybridized carbons (Fsp3) is 0.538. The highest BCUT2D eigenvalue weighted by atomic mass is 16.6. The van der Waals surface area contributed by atoms with E-state index in [1.807, 2.05) is 19.1 Å². The van der Waals surface area contributed by atoms with E-state index in [9.17, 15) is 19.2 Å². The highest BCUT2D eigenvalue weighted by Gasteiger charge is 2.35. The second-order valence-corrected chi connectivity index (χ2v) is 9.35. The third kappa shape index (κ3) is 10.5. The number of nitrogens with one attached hydrogen (secondary N) is 2. The average Bonchev–Trinajstić information content (AvgIpc) is 2.76. The molecule has 9 nitrogen and oxygen atoms in total. The Hall–Kier alpha value is -3.54. The Bertz CT molecular complexity index is 915. The van der Waals surface area contributed by atoms with Gasteiger partial charge in [-0.2, -0.15) is 0 Å². The summed E-state index contributed by atoms with van der Waals surface area (Å²) in [6, 6.07) is 7.02. The second-order valence-electron chi connectivity index (χ2n) is 9.35. The maximum atomic E-state index is 13.5. The molecule has 1 aromatic carbocycles. The van der Waals surface area contributed by atoms with Gasteiger partial charge >= 0.3 is 6.09 Å². The summed E-state index contributed by atoms with van der Waals surface area (Å²) in [5, 5.41) is 5.32. The van der Waals surface area contributed by atoms with Crippen LogP contribution in [-0.2, 0) is 19.1 Å². The van der Waals surface area contributed by atoms with Crippen LogP contribution >= 0.6 is 0 Å². The number of nitrogens with zero attached hydrogens (tertiary/aromatic N) is 1. The standard InChI is InChI=1S/C26H38N4O5/c1-7-9-10-17-28-23(32)22(19-13-11-18(3)12-14-19)30(8-2)24(33)20(15-16-21(27)31)29-25(34)35-26(4,5)6/h2,11-14,20,22H,7,9-10,15-17H2,1,3-6H3,(H2,27,31)(H,28,32)(H,29,34). The Morgan fingerprint density at radius 2 is 1.77 bits per heavy atom. The number of unbranched alkanes of at least 4 members (excludes halogenated alkanes) is 2. The van der Waals surface area contributed by atoms with E-state index in [1.54, 1.807) is 32.9 Å². The van der Waals surface area contributed by atoms with Gasteiger partial charge in [-0.3, -0.25) is 19.3 Å². The first-order chi connectivity index (χ1) is 16.4. The molecule has 0 aliphatic carbocycles. The van der Waals surface area contributed by atoms with E-state index in [-0.39, 0.29) is 12.8 Å². The van der Waals surface area contributed by atoms with Crippen LogP contribution in [0.1, 0.15) is 77.0 Å². The predicted molar refractivity (Wildman–Crippen MR) is 134 cm³/mol. The van der Waals surface area contributed by atoms with Crippen LogP contribution in [0, 0.1) is 19.4 Å². The fourth-order valence-corrected chi connectivity index (χ4v) is 3.28. The van der Waals surface area contributed by atoms with Crippen LogP contribution in [0.5, 0.6) is 0 Å². The smallest absolute Gasteiger partial charge is 0.408 e. The molecule has 192 valence electrons. The topological polar surface area (TPSA) is 131 Å². The van der Waals surface area contributed by atoms with Crippen molar-refractivity contribution in [3.05, 3.63) is 35.4 Å². The van der Waals surface area contributed by atoms with Crippen molar-refractivity contribution in [3.63, 3.8) is 0 Å². The van der Waals surface area contributed by atoms with Crippen LogP contribution in [0.3, 0.4) is 0 Å². The number of terminal acetylenes is 1. The summed E-state index contributed by atoms with van der Waals surface area (Å²) in [5.74, 6) is -1.82. The van der Waals surface area contributed by atoms with Gasteiger partial charge in [0.25, 0.3) is 5.91 Å². The first-order valence-corrected chi connectivity index (χ1v) is 11.8. The number of alkyl carbamates (subject to hydrolysis) is 1. The van der Waals surface area contributed by atoms with Crippen molar-refractivity contribution < 1.29 is 23.9 Å². The van der Waals surface area contributed by atoms with E-state index in [0.29, 0.717) is 12.1 Å². The number of nitrogens with two attached hydrogens (primary N) is 1. The second kappa shape index (κ2) is 14.0. The van der Waals surface area contributed by atoms with E-state index in [0.717, 1.165) is 29.7 Å². The third-order valence-corrected chi connectivity index (χ3v) is 5.02. The Morgan fingerprint density at radius 1 is 1.14 bits per heavy atom. The maximum Gasteiger partial charge on any atom is 0.408 e. The van der Waals surface area contributed by atoms with Crippen LogP contribution in [0.25, 0.3) is 0 Å². The molecule has 35 heavy (non-hydrogen) atoms. The number of carbonyl (C=O) groups excluding carboxylic acids is 4. The largest absolute Gasteiger partial charge is 0.444 e. The summed E-state index contributed by atoms with van der Waals surface area (Å²) in [4.78, 5) is 51.5. The van der Waals surface area contributed by atoms with Gasteiger partial charge in [0.1, 0.15) is 17.7 Å². The molecule has 4 amide bonds. The van der Waals surface area contributed by atoms with Gasteiger partial charge in [-0.15, -0.1) is 0 Å². The quantitative estimate of drug-likeness (QED) is 0.238. The number of primary amides is 1. The van der Waals surface area contributed by atoms with Crippen molar-refractivity contribution in [1.29, 1.82) is 0 Å². The molecular formula is C26H38N4O5. The lowest BCUT2D eigenvalue weighted by molar-refractivity contribution is -0.138. The van der Waals surface area contributed by atoms with Crippen molar-refractivity contribution in [1.82, 2.24) is 15.5 Å². The Balaban J connectivity index is 3.28. The van der Waals surface area contributed by atoms with E-state index >= 15 is 0 Å². The predicted octanol–water partition coefficient (Wildman–Crippen LogP) is 2.92. The van der Waals surface area contributed by atoms with Gasteiger partial charge in [0, 0.05) is 19.0 Å². The third-order valence-electron chi connectivity index (χ3n) is 5.02. The summed E-state index contributed by atoms with van der Waals surface area (Å²) >= 11 is 0. The lowest BCUT2D eigenvalue weighted by Crippen LogP contribution is -2.51. The normalized spacial score (nSPS) is 12.6. The minimum absolute atomic E-state index is 0.107. The minimum atomic E-state index is -1.23. The summed E-state index contributed by atoms with van der Waals surface area (Å²) in [6.07, 6.45) is 7.31. The van der Waals surface area contributed by atoms with Crippen LogP contribution in [0.4, 0.5) is 4.79 Å². The molecule has 1 rings (SSSR count). The molecule has 0 aromatic heterocycles. The molecule has 0 saturated heterocycles. The number of hydrogen-bond acceptors (Lipinski definition) is 5. The van der Waals surface area contributed by atoms with E-state index in [2.05, 4.69) is 23.6 Å². The van der Waals surface area contributed by atoms with E-state index in [4.69, 9.17) is 16.9 Å². The van der Waals surface area contributed by atoms with E-state index < -0.39 is 41.5 Å². The molecule has 2 unspecified atom stereocenters. The Morgan fingerprint density at radius 3 is 2.29 bits per heavy atom. The maximum absolute atomic E-state index is 13.5. The highest BCUT2D eigenvalue weighted by molar-refractivity contribution is 5.93. The number of rotatable bonds is 12. The molecule has 0 saturated carbocycles. The molecule has 2 atom stereocenters. The summed E-state index contributed by atoms with van der Waals surface area (Å²) < 4.78 is 5.25. The number of benzene rings is 1. The van der Waals surface area contributed by atoms with Gasteiger partial charge in [-0.25, -0.2) is 4.79 Å². The fourth-order valence-electron chi connectivity index (χ4n) is 3.28. The van der Waals surface area contributed by atoms with Gasteiger partial charge in [-0.05, 0) is 46.1 Å². The zero-order valence-corrected chi connectivity index (χ0v) is 21.3. The molecule has 0 fully saturated rings. The first-order valence-electron chi connectivity index (χ1n) is 11.8. The first kappa shape index (κ1) is 29.5. The zero-order chi connectivity index (χ0) is 26.6. The summed E-state index contributed by atoms with van der Waals surface area (Å²) in [5.41, 5.74) is 5.94. The molecule has 0 aliphatic rings. The molecule has 4 N–H and O–H groups in total. The monoisotopic (exact) mass is 486 g/mol. The number of amides is 4. The van der Waals surface area contributed by atoms with Crippen LogP contribution in [0.2, 0.25) is 0 Å². The minimum Gasteiger partial charge on any atom is -0.444 e. The van der Waals surface area contributed by atoms with Crippen LogP contribution < -0.4 is 16.4 Å². The zero-order valence-electron chi connectivity index (χ0n) is 21.3. The highest BCUT2D eigenvalue weighted by Crippen LogP contribution is 2.23. The van der Waals surface area contributed by atoms with Crippen molar-refractivity contribution in [2.24, 2.45) is 5.73 Å². The van der Waals surface area contributed by atoms with Gasteiger partial charge < -0.3 is 21.1 Å². The van der Waals surface area contributed by atoms with Crippen molar-refractivity contribution in [2.45, 2.75) is 84.4 Å². The number of carbonyl (C=O) groups is 4. The SMILES string of the molecule is C#CN(C(=O)C(CCC(N)=O)NC(=O)OC(C)(C)C)C(C(=O)NCCCCC)c1ccc(C)cc1. The van der Waals surface area contributed by atoms with Gasteiger partial charge in [0.15, 0.2) is 0 Å². The molecule has 0 spiro atoms. The number of ether oxygens (including phenoxy) is 1. The summed E-state index contributed by atoms with van der Waals surface area (Å²) in [7, 11) is 0. The molecular weight excluding hydrogens is 448 g/mol. The van der Waals surface area contributed by atoms with Crippen LogP contribution in [0.15, 0.2) is 24.3 Å². The van der Waals surface area contributed by atoms with Crippen molar-refractivity contribution >= 4 is 23.8 Å². The number of aryl methyl sites for hydroxylation is 1. The van der Waals surface area contributed by atoms with E-state index in [1.165, 1.54) is 0 Å². The lowest BCUT2D eigenvalue weighted by atomic mass is 10.0. The van der Waals surface area contributed by atoms with Crippen molar-refractivity contribution in [2.75, 3.05) is 6.54 Å². The molecule has 0 bridgehead atoms. The van der Waals surface area contributed by atoms with Crippen LogP contribution in [-0.4, -0.2) is 46.9 Å². The Labute approximate surface area is 208 Å². The van der Waals surface area contributed by atoms with Gasteiger partial charge in [0.2, 0.25) is 11.8 Å².